The number of benzene rings is 1. The van der Waals surface area contributed by atoms with Crippen LogP contribution in [0.25, 0.3) is 0 Å². The largest absolute Gasteiger partial charge is 0.469 e. The van der Waals surface area contributed by atoms with Crippen molar-refractivity contribution in [2.24, 2.45) is 0 Å². The molecule has 1 aromatic carbocycles. The summed E-state index contributed by atoms with van der Waals surface area (Å²) >= 11 is 6.17. The molecule has 0 saturated carbocycles. The summed E-state index contributed by atoms with van der Waals surface area (Å²) in [4.78, 5) is 26.0. The quantitative estimate of drug-likeness (QED) is 0.479. The van der Waals surface area contributed by atoms with Gasteiger partial charge in [-0.05, 0) is 56.5 Å². The lowest BCUT2D eigenvalue weighted by Gasteiger charge is -2.16. The monoisotopic (exact) mass is 481 g/mol. The molecular weight excluding hydrogens is 454 g/mol. The number of carbonyl (C=O) groups is 2. The Labute approximate surface area is 193 Å². The minimum atomic E-state index is -3.82. The van der Waals surface area contributed by atoms with Gasteiger partial charge in [0, 0.05) is 38.5 Å². The molecule has 2 amide bonds. The van der Waals surface area contributed by atoms with E-state index in [4.69, 9.17) is 16.0 Å². The summed E-state index contributed by atoms with van der Waals surface area (Å²) in [7, 11) is -3.82. The van der Waals surface area contributed by atoms with Crippen molar-refractivity contribution in [2.45, 2.75) is 50.0 Å². The number of furan rings is 1. The van der Waals surface area contributed by atoms with Crippen molar-refractivity contribution in [3.05, 3.63) is 52.9 Å². The normalized spacial score (nSPS) is 15.2. The summed E-state index contributed by atoms with van der Waals surface area (Å²) in [6.07, 6.45) is 4.85. The molecule has 174 valence electrons. The van der Waals surface area contributed by atoms with E-state index in [0.717, 1.165) is 18.7 Å². The number of amides is 2. The van der Waals surface area contributed by atoms with Gasteiger partial charge in [0.1, 0.15) is 5.76 Å². The Balaban J connectivity index is 1.55. The maximum absolute atomic E-state index is 12.7. The van der Waals surface area contributed by atoms with Crippen LogP contribution in [0.4, 0.5) is 0 Å². The van der Waals surface area contributed by atoms with Crippen LogP contribution in [0.5, 0.6) is 0 Å². The van der Waals surface area contributed by atoms with Crippen LogP contribution >= 0.6 is 11.6 Å². The van der Waals surface area contributed by atoms with Gasteiger partial charge < -0.3 is 14.6 Å². The summed E-state index contributed by atoms with van der Waals surface area (Å²) in [5.41, 5.74) is 0.0991. The van der Waals surface area contributed by atoms with Gasteiger partial charge >= 0.3 is 0 Å². The third kappa shape index (κ3) is 6.57. The Morgan fingerprint density at radius 1 is 1.31 bits per heavy atom. The van der Waals surface area contributed by atoms with Crippen LogP contribution in [0.15, 0.2) is 45.9 Å². The third-order valence-electron chi connectivity index (χ3n) is 5.34. The molecular formula is C22H28ClN3O5S. The SMILES string of the molecule is C[C@H](CCc1ccco1)NC(=O)c1cc(S(=O)(=O)NCCCN2CCCC2=O)ccc1Cl. The first-order valence-corrected chi connectivity index (χ1v) is 12.5. The van der Waals surface area contributed by atoms with Gasteiger partial charge in [0.25, 0.3) is 5.91 Å². The van der Waals surface area contributed by atoms with Crippen LogP contribution in [0.3, 0.4) is 0 Å². The van der Waals surface area contributed by atoms with E-state index in [2.05, 4.69) is 10.0 Å². The summed E-state index contributed by atoms with van der Waals surface area (Å²) in [5.74, 6) is 0.503. The van der Waals surface area contributed by atoms with Crippen molar-refractivity contribution < 1.29 is 22.4 Å². The Morgan fingerprint density at radius 3 is 2.81 bits per heavy atom. The van der Waals surface area contributed by atoms with E-state index >= 15 is 0 Å². The van der Waals surface area contributed by atoms with Gasteiger partial charge in [0.15, 0.2) is 0 Å². The van der Waals surface area contributed by atoms with Crippen LogP contribution < -0.4 is 10.0 Å². The number of halogens is 1. The molecule has 0 bridgehead atoms. The molecule has 2 aromatic rings. The average Bonchev–Trinajstić information content (AvgIpc) is 3.41. The van der Waals surface area contributed by atoms with Crippen molar-refractivity contribution in [1.82, 2.24) is 14.9 Å². The molecule has 1 saturated heterocycles. The van der Waals surface area contributed by atoms with E-state index in [1.54, 1.807) is 11.2 Å². The molecule has 2 N–H and O–H groups in total. The highest BCUT2D eigenvalue weighted by molar-refractivity contribution is 7.89. The fraction of sp³-hybridized carbons (Fsp3) is 0.455. The lowest BCUT2D eigenvalue weighted by molar-refractivity contribution is -0.127. The second kappa shape index (κ2) is 11.0. The number of nitrogens with zero attached hydrogens (tertiary/aromatic N) is 1. The Morgan fingerprint density at radius 2 is 2.12 bits per heavy atom. The molecule has 3 rings (SSSR count). The molecule has 1 aromatic heterocycles. The van der Waals surface area contributed by atoms with E-state index in [0.29, 0.717) is 32.2 Å². The molecule has 0 radical (unpaired) electrons. The van der Waals surface area contributed by atoms with Crippen LogP contribution in [-0.2, 0) is 21.2 Å². The predicted molar refractivity (Wildman–Crippen MR) is 121 cm³/mol. The Hall–Kier alpha value is -2.36. The molecule has 0 unspecified atom stereocenters. The van der Waals surface area contributed by atoms with Crippen molar-refractivity contribution in [2.75, 3.05) is 19.6 Å². The first-order valence-electron chi connectivity index (χ1n) is 10.7. The first-order chi connectivity index (χ1) is 15.3. The number of rotatable bonds is 11. The van der Waals surface area contributed by atoms with Crippen molar-refractivity contribution in [3.8, 4) is 0 Å². The van der Waals surface area contributed by atoms with Crippen LogP contribution in [-0.4, -0.2) is 50.8 Å². The van der Waals surface area contributed by atoms with Gasteiger partial charge in [-0.1, -0.05) is 11.6 Å². The molecule has 1 atom stereocenters. The highest BCUT2D eigenvalue weighted by Gasteiger charge is 2.21. The highest BCUT2D eigenvalue weighted by Crippen LogP contribution is 2.21. The summed E-state index contributed by atoms with van der Waals surface area (Å²) in [6.45, 7) is 3.30. The van der Waals surface area contributed by atoms with Crippen molar-refractivity contribution >= 4 is 33.4 Å². The van der Waals surface area contributed by atoms with Gasteiger partial charge in [-0.15, -0.1) is 0 Å². The second-order valence-corrected chi connectivity index (χ2v) is 10.0. The molecule has 1 aliphatic rings. The number of nitrogens with one attached hydrogen (secondary N) is 2. The predicted octanol–water partition coefficient (Wildman–Crippen LogP) is 2.97. The van der Waals surface area contributed by atoms with E-state index < -0.39 is 15.9 Å². The first kappa shape index (κ1) is 24.3. The van der Waals surface area contributed by atoms with Gasteiger partial charge in [0.05, 0.1) is 21.7 Å². The van der Waals surface area contributed by atoms with Gasteiger partial charge in [-0.3, -0.25) is 9.59 Å². The van der Waals surface area contributed by atoms with E-state index in [9.17, 15) is 18.0 Å². The number of sulfonamides is 1. The molecule has 32 heavy (non-hydrogen) atoms. The minimum absolute atomic E-state index is 0.0347. The third-order valence-corrected chi connectivity index (χ3v) is 7.13. The van der Waals surface area contributed by atoms with Crippen molar-refractivity contribution in [1.29, 1.82) is 0 Å². The zero-order valence-corrected chi connectivity index (χ0v) is 19.5. The van der Waals surface area contributed by atoms with Gasteiger partial charge in [-0.2, -0.15) is 0 Å². The molecule has 1 fully saturated rings. The fourth-order valence-electron chi connectivity index (χ4n) is 3.53. The van der Waals surface area contributed by atoms with E-state index in [1.807, 2.05) is 19.1 Å². The maximum atomic E-state index is 12.7. The number of carbonyl (C=O) groups excluding carboxylic acids is 2. The average molecular weight is 482 g/mol. The fourth-order valence-corrected chi connectivity index (χ4v) is 4.84. The molecule has 0 aliphatic carbocycles. The zero-order valence-electron chi connectivity index (χ0n) is 18.0. The summed E-state index contributed by atoms with van der Waals surface area (Å²) in [5, 5.41) is 3.02. The molecule has 10 heteroatoms. The number of hydrogen-bond donors (Lipinski definition) is 2. The van der Waals surface area contributed by atoms with Gasteiger partial charge in [0.2, 0.25) is 15.9 Å². The lowest BCUT2D eigenvalue weighted by Crippen LogP contribution is -2.33. The number of aryl methyl sites for hydroxylation is 1. The standard InChI is InChI=1S/C22H28ClN3O5S/c1-16(7-8-17-5-3-14-31-17)25-22(28)19-15-18(9-10-20(19)23)32(29,30)24-11-4-13-26-12-2-6-21(26)27/h3,5,9-10,14-16,24H,2,4,6-8,11-13H2,1H3,(H,25,28)/t16-/m1/s1. The van der Waals surface area contributed by atoms with Crippen molar-refractivity contribution in [3.63, 3.8) is 0 Å². The molecule has 2 heterocycles. The van der Waals surface area contributed by atoms with Crippen LogP contribution in [0, 0.1) is 0 Å². The maximum Gasteiger partial charge on any atom is 0.253 e. The lowest BCUT2D eigenvalue weighted by atomic mass is 10.1. The number of likely N-dealkylation sites (tertiary alicyclic amines) is 1. The zero-order chi connectivity index (χ0) is 23.1. The number of hydrogen-bond acceptors (Lipinski definition) is 5. The highest BCUT2D eigenvalue weighted by atomic mass is 35.5. The smallest absolute Gasteiger partial charge is 0.253 e. The Kier molecular flexibility index (Phi) is 8.33. The van der Waals surface area contributed by atoms with Crippen LogP contribution in [0.1, 0.15) is 48.7 Å². The van der Waals surface area contributed by atoms with E-state index in [1.165, 1.54) is 18.2 Å². The summed E-state index contributed by atoms with van der Waals surface area (Å²) < 4.78 is 33.1. The molecule has 8 nitrogen and oxygen atoms in total. The van der Waals surface area contributed by atoms with Gasteiger partial charge in [-0.25, -0.2) is 13.1 Å². The minimum Gasteiger partial charge on any atom is -0.469 e. The van der Waals surface area contributed by atoms with Crippen LogP contribution in [0.2, 0.25) is 5.02 Å². The topological polar surface area (TPSA) is 109 Å². The second-order valence-electron chi connectivity index (χ2n) is 7.87. The molecule has 1 aliphatic heterocycles. The Bertz CT molecular complexity index is 1040. The summed E-state index contributed by atoms with van der Waals surface area (Å²) in [6, 6.07) is 7.58. The molecule has 0 spiro atoms. The van der Waals surface area contributed by atoms with E-state index in [-0.39, 0.29) is 34.0 Å².